The molecule has 0 aliphatic carbocycles. The molecule has 1 N–H and O–H groups in total. The molecular weight excluding hydrogens is 174 g/mol. The Kier molecular flexibility index (Phi) is 5.30. The van der Waals surface area contributed by atoms with Crippen LogP contribution in [0, 0.1) is 0 Å². The highest BCUT2D eigenvalue weighted by Gasteiger charge is 1.90. The lowest BCUT2D eigenvalue weighted by Gasteiger charge is -2.03. The largest absolute Gasteiger partial charge is 0.494 e. The van der Waals surface area contributed by atoms with E-state index in [-0.39, 0.29) is 12.4 Å². The predicted octanol–water partition coefficient (Wildman–Crippen LogP) is 2.55. The van der Waals surface area contributed by atoms with Crippen LogP contribution in [0.2, 0.25) is 0 Å². The first-order valence-electron chi connectivity index (χ1n) is 3.77. The number of halogens is 1. The van der Waals surface area contributed by atoms with Crippen molar-refractivity contribution in [1.29, 1.82) is 0 Å². The van der Waals surface area contributed by atoms with Crippen molar-refractivity contribution < 1.29 is 4.74 Å². The number of benzene rings is 1. The van der Waals surface area contributed by atoms with Gasteiger partial charge in [-0.25, -0.2) is 0 Å². The molecule has 1 aromatic rings. The summed E-state index contributed by atoms with van der Waals surface area (Å²) < 4.78 is 5.28. The molecule has 0 unspecified atom stereocenters. The van der Waals surface area contributed by atoms with Crippen LogP contribution in [0.5, 0.6) is 5.75 Å². The molecule has 1 rings (SSSR count). The third-order valence-corrected chi connectivity index (χ3v) is 1.45. The minimum absolute atomic E-state index is 0. The SMILES string of the molecule is CCOc1ccc(NC)cc1.Cl. The quantitative estimate of drug-likeness (QED) is 0.786. The van der Waals surface area contributed by atoms with E-state index < -0.39 is 0 Å². The fraction of sp³-hybridized carbons (Fsp3) is 0.333. The van der Waals surface area contributed by atoms with E-state index in [0.717, 1.165) is 18.0 Å². The average Bonchev–Trinajstić information content (AvgIpc) is 2.07. The van der Waals surface area contributed by atoms with Crippen molar-refractivity contribution in [3.05, 3.63) is 24.3 Å². The highest BCUT2D eigenvalue weighted by Crippen LogP contribution is 2.14. The molecule has 0 saturated heterocycles. The van der Waals surface area contributed by atoms with E-state index in [1.165, 1.54) is 0 Å². The molecule has 0 heterocycles. The standard InChI is InChI=1S/C9H13NO.ClH/c1-3-11-9-6-4-8(10-2)5-7-9;/h4-7,10H,3H2,1-2H3;1H. The summed E-state index contributed by atoms with van der Waals surface area (Å²) in [6.45, 7) is 2.70. The average molecular weight is 188 g/mol. The summed E-state index contributed by atoms with van der Waals surface area (Å²) in [5.41, 5.74) is 1.11. The van der Waals surface area contributed by atoms with Crippen LogP contribution in [0.25, 0.3) is 0 Å². The Morgan fingerprint density at radius 3 is 2.25 bits per heavy atom. The van der Waals surface area contributed by atoms with Gasteiger partial charge in [-0.1, -0.05) is 0 Å². The van der Waals surface area contributed by atoms with Gasteiger partial charge in [-0.2, -0.15) is 0 Å². The summed E-state index contributed by atoms with van der Waals surface area (Å²) in [4.78, 5) is 0. The maximum Gasteiger partial charge on any atom is 0.119 e. The molecular formula is C9H14ClNO. The lowest BCUT2D eigenvalue weighted by Crippen LogP contribution is -1.91. The molecule has 1 aromatic carbocycles. The Morgan fingerprint density at radius 2 is 1.83 bits per heavy atom. The fourth-order valence-electron chi connectivity index (χ4n) is 0.884. The molecule has 68 valence electrons. The van der Waals surface area contributed by atoms with Gasteiger partial charge < -0.3 is 10.1 Å². The Balaban J connectivity index is 0.00000121. The normalized spacial score (nSPS) is 8.50. The maximum atomic E-state index is 5.28. The third-order valence-electron chi connectivity index (χ3n) is 1.45. The van der Waals surface area contributed by atoms with Gasteiger partial charge in [0.1, 0.15) is 5.75 Å². The number of ether oxygens (including phenoxy) is 1. The predicted molar refractivity (Wildman–Crippen MR) is 54.4 cm³/mol. The lowest BCUT2D eigenvalue weighted by molar-refractivity contribution is 0.340. The summed E-state index contributed by atoms with van der Waals surface area (Å²) in [6.07, 6.45) is 0. The van der Waals surface area contributed by atoms with Crippen LogP contribution in [0.15, 0.2) is 24.3 Å². The molecule has 0 radical (unpaired) electrons. The monoisotopic (exact) mass is 187 g/mol. The van der Waals surface area contributed by atoms with Crippen LogP contribution in [0.4, 0.5) is 5.69 Å². The van der Waals surface area contributed by atoms with Crippen LogP contribution in [0.1, 0.15) is 6.92 Å². The van der Waals surface area contributed by atoms with Crippen LogP contribution in [0.3, 0.4) is 0 Å². The Labute approximate surface area is 79.3 Å². The summed E-state index contributed by atoms with van der Waals surface area (Å²) in [5, 5.41) is 3.04. The zero-order chi connectivity index (χ0) is 8.10. The van der Waals surface area contributed by atoms with Crippen molar-refractivity contribution in [1.82, 2.24) is 0 Å². The second kappa shape index (κ2) is 5.72. The number of hydrogen-bond acceptors (Lipinski definition) is 2. The van der Waals surface area contributed by atoms with Gasteiger partial charge in [-0.15, -0.1) is 12.4 Å². The van der Waals surface area contributed by atoms with Gasteiger partial charge in [-0.3, -0.25) is 0 Å². The minimum Gasteiger partial charge on any atom is -0.494 e. The van der Waals surface area contributed by atoms with Crippen molar-refractivity contribution in [3.63, 3.8) is 0 Å². The number of anilines is 1. The first-order chi connectivity index (χ1) is 5.36. The van der Waals surface area contributed by atoms with Crippen molar-refractivity contribution in [2.24, 2.45) is 0 Å². The van der Waals surface area contributed by atoms with Gasteiger partial charge >= 0.3 is 0 Å². The summed E-state index contributed by atoms with van der Waals surface area (Å²) in [7, 11) is 1.90. The molecule has 0 fully saturated rings. The fourth-order valence-corrected chi connectivity index (χ4v) is 0.884. The van der Waals surface area contributed by atoms with Crippen LogP contribution in [-0.4, -0.2) is 13.7 Å². The van der Waals surface area contributed by atoms with Crippen LogP contribution < -0.4 is 10.1 Å². The third kappa shape index (κ3) is 3.01. The smallest absolute Gasteiger partial charge is 0.119 e. The highest BCUT2D eigenvalue weighted by molar-refractivity contribution is 5.85. The van der Waals surface area contributed by atoms with E-state index >= 15 is 0 Å². The molecule has 0 saturated carbocycles. The van der Waals surface area contributed by atoms with E-state index in [1.807, 2.05) is 38.2 Å². The van der Waals surface area contributed by atoms with Gasteiger partial charge in [0, 0.05) is 12.7 Å². The summed E-state index contributed by atoms with van der Waals surface area (Å²) in [5.74, 6) is 0.923. The molecule has 0 amide bonds. The maximum absolute atomic E-state index is 5.28. The molecule has 0 aliphatic heterocycles. The Morgan fingerprint density at radius 1 is 1.25 bits per heavy atom. The minimum atomic E-state index is 0. The van der Waals surface area contributed by atoms with Gasteiger partial charge in [0.25, 0.3) is 0 Å². The van der Waals surface area contributed by atoms with Crippen molar-refractivity contribution in [3.8, 4) is 5.75 Å². The van der Waals surface area contributed by atoms with E-state index in [4.69, 9.17) is 4.74 Å². The molecule has 0 bridgehead atoms. The van der Waals surface area contributed by atoms with Gasteiger partial charge in [-0.05, 0) is 31.2 Å². The van der Waals surface area contributed by atoms with E-state index in [1.54, 1.807) is 0 Å². The Hall–Kier alpha value is -0.890. The van der Waals surface area contributed by atoms with Crippen molar-refractivity contribution in [2.75, 3.05) is 19.0 Å². The number of rotatable bonds is 3. The number of hydrogen-bond donors (Lipinski definition) is 1. The zero-order valence-electron chi connectivity index (χ0n) is 7.33. The Bertz CT molecular complexity index is 210. The van der Waals surface area contributed by atoms with Crippen LogP contribution >= 0.6 is 12.4 Å². The molecule has 3 heteroatoms. The van der Waals surface area contributed by atoms with Gasteiger partial charge in [0.05, 0.1) is 6.61 Å². The first-order valence-corrected chi connectivity index (χ1v) is 3.77. The van der Waals surface area contributed by atoms with Gasteiger partial charge in [0.2, 0.25) is 0 Å². The van der Waals surface area contributed by atoms with Crippen LogP contribution in [-0.2, 0) is 0 Å². The molecule has 0 aliphatic rings. The summed E-state index contributed by atoms with van der Waals surface area (Å²) in [6, 6.07) is 7.89. The second-order valence-electron chi connectivity index (χ2n) is 2.21. The second-order valence-corrected chi connectivity index (χ2v) is 2.21. The van der Waals surface area contributed by atoms with E-state index in [9.17, 15) is 0 Å². The molecule has 0 atom stereocenters. The lowest BCUT2D eigenvalue weighted by atomic mass is 10.3. The molecule has 2 nitrogen and oxygen atoms in total. The molecule has 0 aromatic heterocycles. The van der Waals surface area contributed by atoms with Gasteiger partial charge in [0.15, 0.2) is 0 Å². The van der Waals surface area contributed by atoms with E-state index in [0.29, 0.717) is 0 Å². The highest BCUT2D eigenvalue weighted by atomic mass is 35.5. The first kappa shape index (κ1) is 11.1. The number of nitrogens with one attached hydrogen (secondary N) is 1. The van der Waals surface area contributed by atoms with Crippen molar-refractivity contribution in [2.45, 2.75) is 6.92 Å². The van der Waals surface area contributed by atoms with E-state index in [2.05, 4.69) is 5.32 Å². The topological polar surface area (TPSA) is 21.3 Å². The summed E-state index contributed by atoms with van der Waals surface area (Å²) >= 11 is 0. The molecule has 12 heavy (non-hydrogen) atoms. The van der Waals surface area contributed by atoms with Crippen molar-refractivity contribution >= 4 is 18.1 Å². The molecule has 0 spiro atoms. The zero-order valence-corrected chi connectivity index (χ0v) is 8.15.